The number of methoxy groups -OCH3 is 1. The van der Waals surface area contributed by atoms with Gasteiger partial charge in [0.25, 0.3) is 0 Å². The van der Waals surface area contributed by atoms with Crippen LogP contribution in [-0.2, 0) is 4.79 Å². The molecule has 2 aromatic rings. The van der Waals surface area contributed by atoms with Crippen molar-refractivity contribution < 1.29 is 9.53 Å². The summed E-state index contributed by atoms with van der Waals surface area (Å²) in [5, 5.41) is 11.7. The maximum atomic E-state index is 12.3. The monoisotopic (exact) mass is 348 g/mol. The molecule has 3 rings (SSSR count). The molecule has 1 aliphatic rings. The summed E-state index contributed by atoms with van der Waals surface area (Å²) in [7, 11) is 1.68. The fourth-order valence-electron chi connectivity index (χ4n) is 3.68. The predicted octanol–water partition coefficient (Wildman–Crippen LogP) is 4.87. The van der Waals surface area contributed by atoms with E-state index in [1.165, 1.54) is 5.56 Å². The average molecular weight is 348 g/mol. The number of anilines is 1. The first-order chi connectivity index (χ1) is 12.7. The summed E-state index contributed by atoms with van der Waals surface area (Å²) in [6.45, 7) is 0. The summed E-state index contributed by atoms with van der Waals surface area (Å²) in [5.74, 6) is 1.98. The minimum Gasteiger partial charge on any atom is -0.497 e. The van der Waals surface area contributed by atoms with E-state index < -0.39 is 0 Å². The van der Waals surface area contributed by atoms with Gasteiger partial charge in [-0.05, 0) is 79.5 Å². The standard InChI is InChI=1S/C22H24N2O2/c1-26-21-12-8-19(9-13-21)18-6-2-16(3-7-18)14-22(25)24-20-10-4-17(15-23)5-11-20/h4-5,8-13,16,18H,2-3,6-7,14H2,1H3,(H,24,25)/t16-,18+. The summed E-state index contributed by atoms with van der Waals surface area (Å²) in [6, 6.07) is 17.4. The lowest BCUT2D eigenvalue weighted by Crippen LogP contribution is -2.20. The highest BCUT2D eigenvalue weighted by atomic mass is 16.5. The molecule has 134 valence electrons. The molecule has 1 aliphatic carbocycles. The van der Waals surface area contributed by atoms with Crippen molar-refractivity contribution in [1.82, 2.24) is 0 Å². The quantitative estimate of drug-likeness (QED) is 0.838. The maximum absolute atomic E-state index is 12.3. The fraction of sp³-hybridized carbons (Fsp3) is 0.364. The van der Waals surface area contributed by atoms with E-state index in [2.05, 4.69) is 23.5 Å². The van der Waals surface area contributed by atoms with E-state index >= 15 is 0 Å². The lowest BCUT2D eigenvalue weighted by molar-refractivity contribution is -0.117. The van der Waals surface area contributed by atoms with Crippen molar-refractivity contribution in [1.29, 1.82) is 5.26 Å². The van der Waals surface area contributed by atoms with E-state index in [1.807, 2.05) is 12.1 Å². The topological polar surface area (TPSA) is 62.1 Å². The number of ether oxygens (including phenoxy) is 1. The second kappa shape index (κ2) is 8.53. The zero-order valence-corrected chi connectivity index (χ0v) is 15.1. The average Bonchev–Trinajstić information content (AvgIpc) is 2.69. The molecule has 0 atom stereocenters. The zero-order valence-electron chi connectivity index (χ0n) is 15.1. The summed E-state index contributed by atoms with van der Waals surface area (Å²) < 4.78 is 5.22. The Bertz CT molecular complexity index is 767. The molecular formula is C22H24N2O2. The van der Waals surface area contributed by atoms with Gasteiger partial charge in [0.2, 0.25) is 5.91 Å². The molecule has 0 unspecified atom stereocenters. The molecule has 0 heterocycles. The van der Waals surface area contributed by atoms with Crippen LogP contribution in [0.3, 0.4) is 0 Å². The molecule has 26 heavy (non-hydrogen) atoms. The molecular weight excluding hydrogens is 324 g/mol. The van der Waals surface area contributed by atoms with Gasteiger partial charge in [0.15, 0.2) is 0 Å². The second-order valence-electron chi connectivity index (χ2n) is 6.93. The van der Waals surface area contributed by atoms with Crippen LogP contribution in [0.1, 0.15) is 49.1 Å². The van der Waals surface area contributed by atoms with Gasteiger partial charge >= 0.3 is 0 Å². The van der Waals surface area contributed by atoms with Gasteiger partial charge in [-0.2, -0.15) is 5.26 Å². The van der Waals surface area contributed by atoms with E-state index in [1.54, 1.807) is 31.4 Å². The Kier molecular flexibility index (Phi) is 5.91. The van der Waals surface area contributed by atoms with E-state index in [0.717, 1.165) is 37.1 Å². The normalized spacial score (nSPS) is 19.4. The fourth-order valence-corrected chi connectivity index (χ4v) is 3.68. The molecule has 4 heteroatoms. The molecule has 0 saturated heterocycles. The molecule has 1 fully saturated rings. The smallest absolute Gasteiger partial charge is 0.224 e. The zero-order chi connectivity index (χ0) is 18.4. The van der Waals surface area contributed by atoms with Crippen LogP contribution in [0.2, 0.25) is 0 Å². The molecule has 1 saturated carbocycles. The number of benzene rings is 2. The number of hydrogen-bond acceptors (Lipinski definition) is 3. The van der Waals surface area contributed by atoms with Crippen LogP contribution in [0.15, 0.2) is 48.5 Å². The third-order valence-corrected chi connectivity index (χ3v) is 5.21. The molecule has 1 amide bonds. The Labute approximate surface area is 154 Å². The van der Waals surface area contributed by atoms with E-state index in [0.29, 0.717) is 23.8 Å². The number of nitriles is 1. The lowest BCUT2D eigenvalue weighted by Gasteiger charge is -2.28. The number of carbonyl (C=O) groups excluding carboxylic acids is 1. The number of carbonyl (C=O) groups is 1. The van der Waals surface area contributed by atoms with Crippen LogP contribution < -0.4 is 10.1 Å². The summed E-state index contributed by atoms with van der Waals surface area (Å²) in [4.78, 5) is 12.3. The summed E-state index contributed by atoms with van der Waals surface area (Å²) >= 11 is 0. The largest absolute Gasteiger partial charge is 0.497 e. The van der Waals surface area contributed by atoms with Crippen molar-refractivity contribution in [2.45, 2.75) is 38.0 Å². The first kappa shape index (κ1) is 18.0. The van der Waals surface area contributed by atoms with Crippen molar-refractivity contribution in [3.8, 4) is 11.8 Å². The highest BCUT2D eigenvalue weighted by molar-refractivity contribution is 5.90. The van der Waals surface area contributed by atoms with Gasteiger partial charge in [0.05, 0.1) is 18.7 Å². The lowest BCUT2D eigenvalue weighted by atomic mass is 9.77. The molecule has 0 bridgehead atoms. The minimum absolute atomic E-state index is 0.0580. The van der Waals surface area contributed by atoms with E-state index in [-0.39, 0.29) is 5.91 Å². The van der Waals surface area contributed by atoms with E-state index in [9.17, 15) is 4.79 Å². The Morgan fingerprint density at radius 1 is 1.08 bits per heavy atom. The van der Waals surface area contributed by atoms with Gasteiger partial charge < -0.3 is 10.1 Å². The third-order valence-electron chi connectivity index (χ3n) is 5.21. The molecule has 2 aromatic carbocycles. The highest BCUT2D eigenvalue weighted by Crippen LogP contribution is 2.37. The summed E-state index contributed by atoms with van der Waals surface area (Å²) in [6.07, 6.45) is 4.98. The van der Waals surface area contributed by atoms with E-state index in [4.69, 9.17) is 10.00 Å². The van der Waals surface area contributed by atoms with Gasteiger partial charge in [-0.25, -0.2) is 0 Å². The Balaban J connectivity index is 1.46. The molecule has 0 spiro atoms. The van der Waals surface area contributed by atoms with Crippen molar-refractivity contribution in [2.24, 2.45) is 5.92 Å². The number of amides is 1. The van der Waals surface area contributed by atoms with Crippen LogP contribution in [0, 0.1) is 17.2 Å². The molecule has 1 N–H and O–H groups in total. The van der Waals surface area contributed by atoms with Crippen LogP contribution in [0.25, 0.3) is 0 Å². The molecule has 0 radical (unpaired) electrons. The van der Waals surface area contributed by atoms with Crippen LogP contribution >= 0.6 is 0 Å². The van der Waals surface area contributed by atoms with Crippen molar-refractivity contribution in [3.05, 3.63) is 59.7 Å². The van der Waals surface area contributed by atoms with Gasteiger partial charge in [-0.15, -0.1) is 0 Å². The number of nitrogens with zero attached hydrogens (tertiary/aromatic N) is 1. The number of rotatable bonds is 5. The van der Waals surface area contributed by atoms with Crippen molar-refractivity contribution in [2.75, 3.05) is 12.4 Å². The second-order valence-corrected chi connectivity index (χ2v) is 6.93. The Morgan fingerprint density at radius 3 is 2.31 bits per heavy atom. The molecule has 4 nitrogen and oxygen atoms in total. The van der Waals surface area contributed by atoms with Crippen LogP contribution in [0.4, 0.5) is 5.69 Å². The SMILES string of the molecule is COc1ccc([C@H]2CC[C@@H](CC(=O)Nc3ccc(C#N)cc3)CC2)cc1. The molecule has 0 aliphatic heterocycles. The molecule has 0 aromatic heterocycles. The minimum atomic E-state index is 0.0580. The van der Waals surface area contributed by atoms with Gasteiger partial charge in [0.1, 0.15) is 5.75 Å². The number of nitrogens with one attached hydrogen (secondary N) is 1. The third kappa shape index (κ3) is 4.64. The highest BCUT2D eigenvalue weighted by Gasteiger charge is 2.24. The van der Waals surface area contributed by atoms with Gasteiger partial charge in [-0.3, -0.25) is 4.79 Å². The van der Waals surface area contributed by atoms with Gasteiger partial charge in [0, 0.05) is 12.1 Å². The Morgan fingerprint density at radius 2 is 1.73 bits per heavy atom. The maximum Gasteiger partial charge on any atom is 0.224 e. The van der Waals surface area contributed by atoms with Crippen molar-refractivity contribution in [3.63, 3.8) is 0 Å². The van der Waals surface area contributed by atoms with Crippen LogP contribution in [-0.4, -0.2) is 13.0 Å². The van der Waals surface area contributed by atoms with Gasteiger partial charge in [-0.1, -0.05) is 12.1 Å². The number of hydrogen-bond donors (Lipinski definition) is 1. The predicted molar refractivity (Wildman–Crippen MR) is 102 cm³/mol. The summed E-state index contributed by atoms with van der Waals surface area (Å²) in [5.41, 5.74) is 2.71. The Hall–Kier alpha value is -2.80. The van der Waals surface area contributed by atoms with Crippen molar-refractivity contribution >= 4 is 11.6 Å². The van der Waals surface area contributed by atoms with Crippen LogP contribution in [0.5, 0.6) is 5.75 Å². The first-order valence-corrected chi connectivity index (χ1v) is 9.12. The first-order valence-electron chi connectivity index (χ1n) is 9.12.